The molecule has 0 N–H and O–H groups in total. The summed E-state index contributed by atoms with van der Waals surface area (Å²) in [7, 11) is 0. The molecule has 0 aliphatic carbocycles. The molecule has 0 radical (unpaired) electrons. The van der Waals surface area contributed by atoms with Crippen LogP contribution in [0.1, 0.15) is 35.2 Å². The molecule has 0 amide bonds. The standard InChI is InChI=1S/C13H15ClO3/c14-12-6-10(8-15)5-11(7-12)9-17-13-3-1-2-4-16-13/h5-8,13H,1-4,9H2. The Labute approximate surface area is 106 Å². The maximum atomic E-state index is 10.7. The lowest BCUT2D eigenvalue weighted by atomic mass is 10.1. The summed E-state index contributed by atoms with van der Waals surface area (Å²) in [5, 5.41) is 0.553. The highest BCUT2D eigenvalue weighted by Gasteiger charge is 2.14. The van der Waals surface area contributed by atoms with Crippen molar-refractivity contribution in [1.82, 2.24) is 0 Å². The van der Waals surface area contributed by atoms with Gasteiger partial charge in [0.25, 0.3) is 0 Å². The Kier molecular flexibility index (Phi) is 4.54. The van der Waals surface area contributed by atoms with E-state index in [9.17, 15) is 4.79 Å². The summed E-state index contributed by atoms with van der Waals surface area (Å²) in [5.74, 6) is 0. The van der Waals surface area contributed by atoms with Crippen LogP contribution < -0.4 is 0 Å². The van der Waals surface area contributed by atoms with Crippen molar-refractivity contribution in [3.63, 3.8) is 0 Å². The first-order valence-electron chi connectivity index (χ1n) is 5.76. The van der Waals surface area contributed by atoms with Crippen molar-refractivity contribution in [2.45, 2.75) is 32.2 Å². The second-order valence-electron chi connectivity index (χ2n) is 4.12. The summed E-state index contributed by atoms with van der Waals surface area (Å²) in [5.41, 5.74) is 1.47. The van der Waals surface area contributed by atoms with Gasteiger partial charge in [0.15, 0.2) is 6.29 Å². The molecule has 1 saturated heterocycles. The van der Waals surface area contributed by atoms with Gasteiger partial charge in [0.2, 0.25) is 0 Å². The van der Waals surface area contributed by atoms with Crippen molar-refractivity contribution in [2.24, 2.45) is 0 Å². The van der Waals surface area contributed by atoms with Crippen molar-refractivity contribution in [1.29, 1.82) is 0 Å². The Bertz CT molecular complexity index is 386. The van der Waals surface area contributed by atoms with Gasteiger partial charge in [-0.1, -0.05) is 11.6 Å². The van der Waals surface area contributed by atoms with E-state index in [1.807, 2.05) is 0 Å². The third kappa shape index (κ3) is 3.80. The molecule has 1 aliphatic rings. The fraction of sp³-hybridized carbons (Fsp3) is 0.462. The Balaban J connectivity index is 1.93. The molecular weight excluding hydrogens is 240 g/mol. The van der Waals surface area contributed by atoms with Crippen LogP contribution in [0.15, 0.2) is 18.2 Å². The topological polar surface area (TPSA) is 35.5 Å². The van der Waals surface area contributed by atoms with Crippen LogP contribution in [0.4, 0.5) is 0 Å². The molecule has 1 aromatic rings. The second kappa shape index (κ2) is 6.15. The Morgan fingerprint density at radius 3 is 3.00 bits per heavy atom. The van der Waals surface area contributed by atoms with E-state index in [4.69, 9.17) is 21.1 Å². The molecule has 1 unspecified atom stereocenters. The van der Waals surface area contributed by atoms with Gasteiger partial charge in [0.1, 0.15) is 6.29 Å². The largest absolute Gasteiger partial charge is 0.353 e. The van der Waals surface area contributed by atoms with Crippen LogP contribution in [-0.4, -0.2) is 19.2 Å². The van der Waals surface area contributed by atoms with E-state index in [1.165, 1.54) is 0 Å². The average molecular weight is 255 g/mol. The number of hydrogen-bond donors (Lipinski definition) is 0. The van der Waals surface area contributed by atoms with E-state index in [-0.39, 0.29) is 6.29 Å². The highest BCUT2D eigenvalue weighted by atomic mass is 35.5. The Morgan fingerprint density at radius 2 is 2.29 bits per heavy atom. The molecule has 1 atom stereocenters. The molecule has 0 aromatic heterocycles. The summed E-state index contributed by atoms with van der Waals surface area (Å²) in [6.07, 6.45) is 3.84. The molecule has 0 bridgehead atoms. The second-order valence-corrected chi connectivity index (χ2v) is 4.55. The lowest BCUT2D eigenvalue weighted by Gasteiger charge is -2.22. The Hall–Kier alpha value is -0.900. The van der Waals surface area contributed by atoms with E-state index < -0.39 is 0 Å². The molecule has 1 aromatic carbocycles. The van der Waals surface area contributed by atoms with Crippen LogP contribution in [0.5, 0.6) is 0 Å². The smallest absolute Gasteiger partial charge is 0.158 e. The normalized spacial score (nSPS) is 20.2. The van der Waals surface area contributed by atoms with Crippen molar-refractivity contribution < 1.29 is 14.3 Å². The lowest BCUT2D eigenvalue weighted by molar-refractivity contribution is -0.168. The van der Waals surface area contributed by atoms with Gasteiger partial charge in [-0.05, 0) is 43.0 Å². The van der Waals surface area contributed by atoms with Gasteiger partial charge in [0, 0.05) is 17.2 Å². The molecular formula is C13H15ClO3. The first-order valence-corrected chi connectivity index (χ1v) is 6.13. The fourth-order valence-corrected chi connectivity index (χ4v) is 2.12. The third-order valence-electron chi connectivity index (χ3n) is 2.69. The fourth-order valence-electron chi connectivity index (χ4n) is 1.86. The van der Waals surface area contributed by atoms with E-state index >= 15 is 0 Å². The zero-order valence-corrected chi connectivity index (χ0v) is 10.3. The molecule has 3 nitrogen and oxygen atoms in total. The monoisotopic (exact) mass is 254 g/mol. The van der Waals surface area contributed by atoms with Crippen molar-refractivity contribution >= 4 is 17.9 Å². The molecule has 0 spiro atoms. The molecule has 1 fully saturated rings. The van der Waals surface area contributed by atoms with Gasteiger partial charge in [-0.2, -0.15) is 0 Å². The molecule has 92 valence electrons. The van der Waals surface area contributed by atoms with Gasteiger partial charge in [0.05, 0.1) is 6.61 Å². The zero-order valence-electron chi connectivity index (χ0n) is 9.52. The highest BCUT2D eigenvalue weighted by Crippen LogP contribution is 2.18. The van der Waals surface area contributed by atoms with Crippen LogP contribution in [-0.2, 0) is 16.1 Å². The zero-order chi connectivity index (χ0) is 12.1. The highest BCUT2D eigenvalue weighted by molar-refractivity contribution is 6.30. The van der Waals surface area contributed by atoms with E-state index in [2.05, 4.69) is 0 Å². The van der Waals surface area contributed by atoms with E-state index in [1.54, 1.807) is 18.2 Å². The predicted molar refractivity (Wildman–Crippen MR) is 65.2 cm³/mol. The van der Waals surface area contributed by atoms with Gasteiger partial charge < -0.3 is 9.47 Å². The van der Waals surface area contributed by atoms with Crippen molar-refractivity contribution in [2.75, 3.05) is 6.61 Å². The number of benzene rings is 1. The minimum absolute atomic E-state index is 0.123. The van der Waals surface area contributed by atoms with Crippen LogP contribution in [0.3, 0.4) is 0 Å². The van der Waals surface area contributed by atoms with Crippen LogP contribution in [0.25, 0.3) is 0 Å². The maximum absolute atomic E-state index is 10.7. The van der Waals surface area contributed by atoms with Crippen molar-refractivity contribution in [3.8, 4) is 0 Å². The van der Waals surface area contributed by atoms with E-state index in [0.717, 1.165) is 37.7 Å². The summed E-state index contributed by atoms with van der Waals surface area (Å²) in [4.78, 5) is 10.7. The third-order valence-corrected chi connectivity index (χ3v) is 2.91. The predicted octanol–water partition coefficient (Wildman–Crippen LogP) is 3.20. The van der Waals surface area contributed by atoms with Crippen LogP contribution >= 0.6 is 11.6 Å². The molecule has 0 saturated carbocycles. The number of hydrogen-bond acceptors (Lipinski definition) is 3. The maximum Gasteiger partial charge on any atom is 0.158 e. The number of rotatable bonds is 4. The number of carbonyl (C=O) groups excluding carboxylic acids is 1. The first kappa shape index (κ1) is 12.6. The number of ether oxygens (including phenoxy) is 2. The van der Waals surface area contributed by atoms with Crippen LogP contribution in [0, 0.1) is 0 Å². The number of halogens is 1. The van der Waals surface area contributed by atoms with Crippen LogP contribution in [0.2, 0.25) is 5.02 Å². The molecule has 1 heterocycles. The first-order chi connectivity index (χ1) is 8.28. The summed E-state index contributed by atoms with van der Waals surface area (Å²) in [6.45, 7) is 1.19. The minimum atomic E-state index is -0.123. The summed E-state index contributed by atoms with van der Waals surface area (Å²) in [6, 6.07) is 5.22. The molecule has 17 heavy (non-hydrogen) atoms. The SMILES string of the molecule is O=Cc1cc(Cl)cc(COC2CCCCO2)c1. The summed E-state index contributed by atoms with van der Waals surface area (Å²) >= 11 is 5.90. The molecule has 1 aliphatic heterocycles. The summed E-state index contributed by atoms with van der Waals surface area (Å²) < 4.78 is 11.1. The van der Waals surface area contributed by atoms with Crippen molar-refractivity contribution in [3.05, 3.63) is 34.3 Å². The quantitative estimate of drug-likeness (QED) is 0.774. The van der Waals surface area contributed by atoms with Gasteiger partial charge >= 0.3 is 0 Å². The number of aldehydes is 1. The minimum Gasteiger partial charge on any atom is -0.353 e. The van der Waals surface area contributed by atoms with Gasteiger partial charge in [-0.25, -0.2) is 0 Å². The average Bonchev–Trinajstić information content (AvgIpc) is 2.37. The van der Waals surface area contributed by atoms with Gasteiger partial charge in [-0.3, -0.25) is 4.79 Å². The Morgan fingerprint density at radius 1 is 1.41 bits per heavy atom. The molecule has 2 rings (SSSR count). The van der Waals surface area contributed by atoms with E-state index in [0.29, 0.717) is 17.2 Å². The van der Waals surface area contributed by atoms with Gasteiger partial charge in [-0.15, -0.1) is 0 Å². The lowest BCUT2D eigenvalue weighted by Crippen LogP contribution is -2.22. The number of carbonyl (C=O) groups is 1. The molecule has 4 heteroatoms.